The highest BCUT2D eigenvalue weighted by Gasteiger charge is 2.49. The van der Waals surface area contributed by atoms with E-state index in [9.17, 15) is 28.0 Å². The monoisotopic (exact) mass is 1250 g/mol. The van der Waals surface area contributed by atoms with Gasteiger partial charge in [-0.05, 0) is 67.1 Å². The van der Waals surface area contributed by atoms with Gasteiger partial charge in [0.25, 0.3) is 11.8 Å². The Hall–Kier alpha value is -9.34. The number of hydrogen-bond acceptors (Lipinski definition) is 12. The molecule has 0 bridgehead atoms. The maximum absolute atomic E-state index is 15.6. The first-order chi connectivity index (χ1) is 44.0. The van der Waals surface area contributed by atoms with Crippen LogP contribution >= 0.6 is 23.5 Å². The van der Waals surface area contributed by atoms with Crippen molar-refractivity contribution in [1.82, 2.24) is 19.2 Å². The first kappa shape index (κ1) is 57.1. The van der Waals surface area contributed by atoms with Crippen molar-refractivity contribution in [3.63, 3.8) is 0 Å². The molecule has 20 heteroatoms. The molecule has 0 unspecified atom stereocenters. The predicted molar refractivity (Wildman–Crippen MR) is 334 cm³/mol. The molecule has 2 aromatic heterocycles. The largest absolute Gasteiger partial charge is 0.482 e. The lowest BCUT2D eigenvalue weighted by Crippen LogP contribution is -2.66. The number of rotatable bonds is 8. The third-order valence-corrected chi connectivity index (χ3v) is 19.8. The van der Waals surface area contributed by atoms with E-state index in [1.54, 1.807) is 43.7 Å². The molecule has 10 aromatic rings. The maximum Gasteiger partial charge on any atom is 0.278 e. The van der Waals surface area contributed by atoms with Crippen molar-refractivity contribution in [2.45, 2.75) is 58.9 Å². The summed E-state index contributed by atoms with van der Waals surface area (Å²) >= 11 is 2.93. The minimum atomic E-state index is -0.916. The van der Waals surface area contributed by atoms with Crippen molar-refractivity contribution < 1.29 is 46.1 Å². The molecule has 8 aromatic carbocycles. The van der Waals surface area contributed by atoms with E-state index in [1.165, 1.54) is 35.7 Å². The number of carbonyl (C=O) groups excluding carboxylic acids is 2. The minimum absolute atomic E-state index is 0.0615. The summed E-state index contributed by atoms with van der Waals surface area (Å²) in [4.78, 5) is 60.3. The number of carbonyl (C=O) groups is 2. The Morgan fingerprint density at radius 3 is 1.29 bits per heavy atom. The quantitative estimate of drug-likeness (QED) is 0.134. The van der Waals surface area contributed by atoms with Gasteiger partial charge >= 0.3 is 0 Å². The average Bonchev–Trinajstić information content (AvgIpc) is 1.06. The number of aromatic nitrogens is 2. The Morgan fingerprint density at radius 1 is 0.456 bits per heavy atom. The highest BCUT2D eigenvalue weighted by molar-refractivity contribution is 7.99. The molecule has 452 valence electrons. The van der Waals surface area contributed by atoms with Gasteiger partial charge in [0, 0.05) is 70.0 Å². The lowest BCUT2D eigenvalue weighted by Gasteiger charge is -2.51. The van der Waals surface area contributed by atoms with E-state index in [4.69, 9.17) is 18.9 Å². The van der Waals surface area contributed by atoms with E-state index in [0.29, 0.717) is 24.3 Å². The summed E-state index contributed by atoms with van der Waals surface area (Å²) in [6, 6.07) is 49.8. The molecule has 0 radical (unpaired) electrons. The summed E-state index contributed by atoms with van der Waals surface area (Å²) in [5.74, 6) is -4.00. The van der Waals surface area contributed by atoms with Crippen LogP contribution in [0.15, 0.2) is 202 Å². The van der Waals surface area contributed by atoms with Gasteiger partial charge in [-0.15, -0.1) is 23.5 Å². The van der Waals surface area contributed by atoms with Gasteiger partial charge in [0.2, 0.25) is 10.9 Å². The number of hydrogen-bond donors (Lipinski definition) is 0. The normalized spacial score (nSPS) is 18.9. The first-order valence-corrected chi connectivity index (χ1v) is 31.4. The highest BCUT2D eigenvalue weighted by atomic mass is 32.2. The number of benzene rings is 8. The topological polar surface area (TPSA) is 128 Å². The van der Waals surface area contributed by atoms with E-state index < -0.39 is 58.5 Å². The summed E-state index contributed by atoms with van der Waals surface area (Å²) in [6.07, 6.45) is 1.93. The van der Waals surface area contributed by atoms with Crippen LogP contribution in [-0.4, -0.2) is 82.8 Å². The second-order valence-electron chi connectivity index (χ2n) is 22.5. The van der Waals surface area contributed by atoms with Crippen molar-refractivity contribution in [3.8, 4) is 11.5 Å². The Kier molecular flexibility index (Phi) is 14.9. The second kappa shape index (κ2) is 23.6. The van der Waals surface area contributed by atoms with Gasteiger partial charge in [0.1, 0.15) is 25.5 Å². The maximum atomic E-state index is 15.6. The van der Waals surface area contributed by atoms with E-state index in [-0.39, 0.29) is 96.9 Å². The zero-order valence-corrected chi connectivity index (χ0v) is 49.6. The fraction of sp³-hybridized carbons (Fsp3) is 0.200. The molecular weight excluding hydrogens is 1190 g/mol. The summed E-state index contributed by atoms with van der Waals surface area (Å²) in [5.41, 5.74) is 4.43. The van der Waals surface area contributed by atoms with Gasteiger partial charge < -0.3 is 28.7 Å². The SMILES string of the molecule is O=C1c2c(OCc3ccccc3)c(=O)ccn2N([C@@H]2c3ccc(F)c(F)c3CSc3c2ccc2ccccc32)[C@H]2COCCN12.O=C1c2c(OCc3ccccc3)c(=O)ccn2N([C@H]2c3ccc(F)c(F)c3CSc3c2ccc2ccccc32)[C@@H]2COCCN12. The Bertz CT molecular complexity index is 4360. The molecule has 0 saturated carbocycles. The van der Waals surface area contributed by atoms with Crippen molar-refractivity contribution >= 4 is 56.9 Å². The van der Waals surface area contributed by atoms with E-state index in [1.807, 2.05) is 143 Å². The van der Waals surface area contributed by atoms with Gasteiger partial charge in [-0.1, -0.05) is 146 Å². The molecule has 2 fully saturated rings. The molecule has 90 heavy (non-hydrogen) atoms. The molecule has 0 spiro atoms. The molecule has 6 aliphatic rings. The number of amides is 2. The van der Waals surface area contributed by atoms with Crippen molar-refractivity contribution in [1.29, 1.82) is 0 Å². The number of thioether (sulfide) groups is 2. The minimum Gasteiger partial charge on any atom is -0.482 e. The molecular formula is C70H54F4N6O8S2. The number of ether oxygens (including phenoxy) is 4. The van der Waals surface area contributed by atoms with Crippen molar-refractivity contribution in [2.75, 3.05) is 49.5 Å². The van der Waals surface area contributed by atoms with Gasteiger partial charge in [-0.25, -0.2) is 17.6 Å². The van der Waals surface area contributed by atoms with Gasteiger partial charge in [-0.2, -0.15) is 0 Å². The number of nitrogens with zero attached hydrogens (tertiary/aromatic N) is 6. The Labute approximate surface area is 521 Å². The molecule has 6 aliphatic heterocycles. The van der Waals surface area contributed by atoms with Crippen LogP contribution in [0.4, 0.5) is 17.6 Å². The molecule has 2 saturated heterocycles. The standard InChI is InChI=1S/2C35H27F2N3O4S/c2*36-27-13-12-24-26(30(27)37)20-45-34-23-9-5-4-8-22(23)10-11-25(34)31(24)40-29-19-43-17-16-38(29)35(42)32-33(28(41)14-15-39(32)40)44-18-21-6-2-1-3-7-21/h2*1-15,29,31H,16-20H2/t2*29-,31+/m10/s1. The molecule has 16 rings (SSSR count). The second-order valence-corrected chi connectivity index (χ2v) is 24.4. The molecule has 0 N–H and O–H groups in total. The molecule has 8 heterocycles. The van der Waals surface area contributed by atoms with Crippen LogP contribution in [0.3, 0.4) is 0 Å². The van der Waals surface area contributed by atoms with Crippen LogP contribution in [0, 0.1) is 23.3 Å². The van der Waals surface area contributed by atoms with Crippen LogP contribution in [0.5, 0.6) is 11.5 Å². The number of halogens is 4. The Morgan fingerprint density at radius 2 is 0.856 bits per heavy atom. The first-order valence-electron chi connectivity index (χ1n) is 29.4. The van der Waals surface area contributed by atoms with Crippen molar-refractivity contribution in [3.05, 3.63) is 282 Å². The summed E-state index contributed by atoms with van der Waals surface area (Å²) in [6.45, 7) is 1.78. The third kappa shape index (κ3) is 9.74. The fourth-order valence-corrected chi connectivity index (χ4v) is 15.8. The zero-order valence-electron chi connectivity index (χ0n) is 48.0. The van der Waals surface area contributed by atoms with Crippen LogP contribution in [0.25, 0.3) is 21.5 Å². The van der Waals surface area contributed by atoms with Crippen molar-refractivity contribution in [2.24, 2.45) is 0 Å². The van der Waals surface area contributed by atoms with Gasteiger partial charge in [0.05, 0.1) is 38.5 Å². The zero-order chi connectivity index (χ0) is 61.3. The fourth-order valence-electron chi connectivity index (χ4n) is 13.3. The molecule has 2 amide bonds. The number of morpholine rings is 2. The third-order valence-electron chi connectivity index (χ3n) is 17.5. The predicted octanol–water partition coefficient (Wildman–Crippen LogP) is 12.0. The lowest BCUT2D eigenvalue weighted by molar-refractivity contribution is -0.0199. The van der Waals surface area contributed by atoms with Gasteiger partial charge in [-0.3, -0.25) is 38.5 Å². The van der Waals surface area contributed by atoms with E-state index >= 15 is 8.78 Å². The van der Waals surface area contributed by atoms with Crippen LogP contribution in [0.2, 0.25) is 0 Å². The van der Waals surface area contributed by atoms with Gasteiger partial charge in [0.15, 0.2) is 46.2 Å². The van der Waals surface area contributed by atoms with Crippen LogP contribution < -0.4 is 30.3 Å². The highest BCUT2D eigenvalue weighted by Crippen LogP contribution is 2.50. The molecule has 0 aliphatic carbocycles. The summed E-state index contributed by atoms with van der Waals surface area (Å²) in [7, 11) is 0. The number of fused-ring (bicyclic) bond motifs is 12. The van der Waals surface area contributed by atoms with E-state index in [2.05, 4.69) is 0 Å². The Balaban J connectivity index is 0.000000150. The van der Waals surface area contributed by atoms with E-state index in [0.717, 1.165) is 65.7 Å². The molecule has 4 atom stereocenters. The lowest BCUT2D eigenvalue weighted by atomic mass is 9.91. The van der Waals surface area contributed by atoms with Crippen LogP contribution in [0.1, 0.15) is 77.6 Å². The summed E-state index contributed by atoms with van der Waals surface area (Å²) in [5, 5.41) is 7.96. The molecule has 14 nitrogen and oxygen atoms in total. The summed E-state index contributed by atoms with van der Waals surface area (Å²) < 4.78 is 88.2. The number of pyridine rings is 2. The average molecular weight is 1250 g/mol. The van der Waals surface area contributed by atoms with Crippen LogP contribution in [-0.2, 0) is 34.2 Å². The smallest absolute Gasteiger partial charge is 0.278 e.